The average molecular weight is 381 g/mol. The van der Waals surface area contributed by atoms with Crippen molar-refractivity contribution in [3.05, 3.63) is 56.2 Å². The minimum absolute atomic E-state index is 0.0738. The first-order chi connectivity index (χ1) is 11.0. The summed E-state index contributed by atoms with van der Waals surface area (Å²) >= 11 is 9.39. The van der Waals surface area contributed by atoms with E-state index in [1.54, 1.807) is 0 Å². The lowest BCUT2D eigenvalue weighted by Crippen LogP contribution is -2.28. The number of thiol groups is 1. The molecule has 0 aliphatic heterocycles. The van der Waals surface area contributed by atoms with Gasteiger partial charge in [-0.15, -0.1) is 12.6 Å². The van der Waals surface area contributed by atoms with Crippen LogP contribution in [0.5, 0.6) is 0 Å². The van der Waals surface area contributed by atoms with E-state index in [2.05, 4.69) is 17.7 Å². The fourth-order valence-corrected chi connectivity index (χ4v) is 2.43. The number of rotatable bonds is 3. The zero-order chi connectivity index (χ0) is 18.2. The molecule has 1 aromatic carbocycles. The molecule has 0 aliphatic carbocycles. The van der Waals surface area contributed by atoms with E-state index in [4.69, 9.17) is 11.6 Å². The molecule has 0 N–H and O–H groups in total. The molecule has 0 saturated heterocycles. The van der Waals surface area contributed by atoms with E-state index in [0.29, 0.717) is 10.9 Å². The lowest BCUT2D eigenvalue weighted by Gasteiger charge is -2.13. The van der Waals surface area contributed by atoms with Crippen molar-refractivity contribution in [2.45, 2.75) is 19.5 Å². The fourth-order valence-electron chi connectivity index (χ4n) is 2.04. The minimum Gasteiger partial charge on any atom is -0.287 e. The van der Waals surface area contributed by atoms with E-state index in [1.807, 2.05) is 0 Å². The Morgan fingerprint density at radius 2 is 2.00 bits per heavy atom. The molecular formula is C14H9ClF4N2O2S. The molecule has 4 nitrogen and oxygen atoms in total. The molecule has 2 aromatic rings. The Hall–Kier alpha value is -1.87. The molecule has 0 fully saturated rings. The van der Waals surface area contributed by atoms with E-state index >= 15 is 0 Å². The second-order valence-corrected chi connectivity index (χ2v) is 5.77. The summed E-state index contributed by atoms with van der Waals surface area (Å²) in [5.41, 5.74) is -3.21. The number of benzene rings is 1. The lowest BCUT2D eigenvalue weighted by molar-refractivity contribution is -0.138. The van der Waals surface area contributed by atoms with Crippen molar-refractivity contribution in [3.63, 3.8) is 0 Å². The first kappa shape index (κ1) is 18.5. The topological polar surface area (TPSA) is 52.0 Å². The van der Waals surface area contributed by atoms with Gasteiger partial charge in [0.1, 0.15) is 5.69 Å². The summed E-state index contributed by atoms with van der Waals surface area (Å²) < 4.78 is 52.9. The van der Waals surface area contributed by atoms with Gasteiger partial charge >= 0.3 is 6.18 Å². The number of halogens is 5. The zero-order valence-corrected chi connectivity index (χ0v) is 13.6. The molecular weight excluding hydrogens is 372 g/mol. The van der Waals surface area contributed by atoms with Crippen LogP contribution >= 0.6 is 24.2 Å². The number of hydrogen-bond donors (Lipinski definition) is 1. The average Bonchev–Trinajstić information content (AvgIpc) is 2.43. The maximum Gasteiger partial charge on any atom is 0.418 e. The highest BCUT2D eigenvalue weighted by Gasteiger charge is 2.34. The van der Waals surface area contributed by atoms with Crippen molar-refractivity contribution in [1.82, 2.24) is 9.78 Å². The number of hydrogen-bond acceptors (Lipinski definition) is 3. The van der Waals surface area contributed by atoms with E-state index in [-0.39, 0.29) is 17.0 Å². The van der Waals surface area contributed by atoms with Gasteiger partial charge in [-0.05, 0) is 24.6 Å². The summed E-state index contributed by atoms with van der Waals surface area (Å²) in [7, 11) is 0. The predicted molar refractivity (Wildman–Crippen MR) is 82.2 cm³/mol. The molecule has 1 aromatic heterocycles. The van der Waals surface area contributed by atoms with Crippen LogP contribution in [-0.2, 0) is 17.4 Å². The van der Waals surface area contributed by atoms with Gasteiger partial charge in [-0.3, -0.25) is 9.59 Å². The van der Waals surface area contributed by atoms with E-state index < -0.39 is 39.5 Å². The highest BCUT2D eigenvalue weighted by molar-refractivity contribution is 7.96. The molecule has 0 saturated carbocycles. The maximum absolute atomic E-state index is 14.1. The summed E-state index contributed by atoms with van der Waals surface area (Å²) in [6.45, 7) is 0.968. The van der Waals surface area contributed by atoms with Gasteiger partial charge in [0, 0.05) is 17.0 Å². The number of carbonyl (C=O) groups excluding carboxylic acids is 1. The largest absolute Gasteiger partial charge is 0.418 e. The first-order valence-electron chi connectivity index (χ1n) is 6.38. The van der Waals surface area contributed by atoms with Crippen LogP contribution < -0.4 is 5.56 Å². The summed E-state index contributed by atoms with van der Waals surface area (Å²) in [6.07, 6.45) is -4.56. The van der Waals surface area contributed by atoms with Crippen LogP contribution in [0.1, 0.15) is 16.7 Å². The van der Waals surface area contributed by atoms with Crippen LogP contribution in [0.3, 0.4) is 0 Å². The Morgan fingerprint density at radius 3 is 2.54 bits per heavy atom. The summed E-state index contributed by atoms with van der Waals surface area (Å²) in [4.78, 5) is 23.2. The number of nitrogens with zero attached hydrogens (tertiary/aromatic N) is 2. The van der Waals surface area contributed by atoms with Crippen LogP contribution in [0.2, 0.25) is 5.02 Å². The summed E-state index contributed by atoms with van der Waals surface area (Å²) in [6, 6.07) is 1.93. The summed E-state index contributed by atoms with van der Waals surface area (Å²) in [5, 5.41) is 2.75. The van der Waals surface area contributed by atoms with Crippen LogP contribution in [-0.4, -0.2) is 14.9 Å². The third-order valence-corrected chi connectivity index (χ3v) is 3.72. The molecule has 0 bridgehead atoms. The van der Waals surface area contributed by atoms with Crippen LogP contribution in [0, 0.1) is 12.7 Å². The molecule has 0 unspecified atom stereocenters. The minimum atomic E-state index is -4.75. The highest BCUT2D eigenvalue weighted by atomic mass is 35.5. The normalized spacial score (nSPS) is 11.6. The van der Waals surface area contributed by atoms with Gasteiger partial charge in [-0.2, -0.15) is 23.0 Å². The summed E-state index contributed by atoms with van der Waals surface area (Å²) in [5.74, 6) is -0.968. The van der Waals surface area contributed by atoms with Crippen molar-refractivity contribution < 1.29 is 22.4 Å². The Morgan fingerprint density at radius 1 is 1.38 bits per heavy atom. The molecule has 0 amide bonds. The van der Waals surface area contributed by atoms with E-state index in [1.165, 1.54) is 0 Å². The predicted octanol–water partition coefficient (Wildman–Crippen LogP) is 3.35. The molecule has 24 heavy (non-hydrogen) atoms. The third-order valence-electron chi connectivity index (χ3n) is 3.21. The second kappa shape index (κ2) is 6.56. The molecule has 0 radical (unpaired) electrons. The van der Waals surface area contributed by atoms with Gasteiger partial charge in [0.2, 0.25) is 0 Å². The molecule has 1 heterocycles. The quantitative estimate of drug-likeness (QED) is 0.656. The van der Waals surface area contributed by atoms with Crippen molar-refractivity contribution in [2.24, 2.45) is 0 Å². The van der Waals surface area contributed by atoms with Crippen molar-refractivity contribution >= 4 is 29.3 Å². The van der Waals surface area contributed by atoms with Crippen molar-refractivity contribution in [2.75, 3.05) is 0 Å². The monoisotopic (exact) mass is 380 g/mol. The van der Waals surface area contributed by atoms with Gasteiger partial charge in [-0.25, -0.2) is 4.39 Å². The van der Waals surface area contributed by atoms with Crippen LogP contribution in [0.25, 0.3) is 5.69 Å². The Labute approximate surface area is 143 Å². The number of alkyl halides is 3. The maximum atomic E-state index is 14.1. The molecule has 128 valence electrons. The van der Waals surface area contributed by atoms with Gasteiger partial charge in [0.25, 0.3) is 5.56 Å². The molecule has 0 atom stereocenters. The first-order valence-corrected chi connectivity index (χ1v) is 7.21. The molecule has 10 heteroatoms. The van der Waals surface area contributed by atoms with Gasteiger partial charge in [0.05, 0.1) is 11.8 Å². The van der Waals surface area contributed by atoms with Gasteiger partial charge in [0.15, 0.2) is 10.9 Å². The molecule has 0 spiro atoms. The molecule has 0 aliphatic rings. The number of carbonyl (C=O) groups is 1. The van der Waals surface area contributed by atoms with Gasteiger partial charge < -0.3 is 0 Å². The van der Waals surface area contributed by atoms with Crippen molar-refractivity contribution in [3.8, 4) is 5.69 Å². The third kappa shape index (κ3) is 3.62. The second-order valence-electron chi connectivity index (χ2n) is 4.86. The number of aromatic nitrogens is 2. The highest BCUT2D eigenvalue weighted by Crippen LogP contribution is 2.30. The fraction of sp³-hybridized carbons (Fsp3) is 0.214. The molecule has 2 rings (SSSR count). The lowest BCUT2D eigenvalue weighted by atomic mass is 10.1. The standard InChI is InChI=1S/C14H9ClF4N2O2S/c1-6-8(14(17,18)19)5-20-21(13(6)23)11-2-7(3-12(22)24)9(15)4-10(11)16/h2,4-5H,3H2,1H3,(H,22,24). The Bertz CT molecular complexity index is 880. The van der Waals surface area contributed by atoms with Crippen LogP contribution in [0.4, 0.5) is 17.6 Å². The van der Waals surface area contributed by atoms with E-state index in [9.17, 15) is 27.2 Å². The van der Waals surface area contributed by atoms with Crippen LogP contribution in [0.15, 0.2) is 23.1 Å². The van der Waals surface area contributed by atoms with Crippen molar-refractivity contribution in [1.29, 1.82) is 0 Å². The van der Waals surface area contributed by atoms with Gasteiger partial charge in [-0.1, -0.05) is 11.6 Å². The van der Waals surface area contributed by atoms with E-state index in [0.717, 1.165) is 19.1 Å². The Kier molecular flexibility index (Phi) is 5.05. The SMILES string of the molecule is Cc1c(C(F)(F)F)cnn(-c2cc(CC(=O)S)c(Cl)cc2F)c1=O. The zero-order valence-electron chi connectivity index (χ0n) is 12.0. The Balaban J connectivity index is 2.67. The smallest absolute Gasteiger partial charge is 0.287 e.